The van der Waals surface area contributed by atoms with Crippen LogP contribution in [0.15, 0.2) is 36.9 Å². The fourth-order valence-corrected chi connectivity index (χ4v) is 3.60. The first-order chi connectivity index (χ1) is 14.4. The van der Waals surface area contributed by atoms with Gasteiger partial charge in [-0.2, -0.15) is 4.37 Å². The average molecular weight is 429 g/mol. The largest absolute Gasteiger partial charge is 0.472 e. The molecule has 0 aliphatic carbocycles. The lowest BCUT2D eigenvalue weighted by molar-refractivity contribution is 0.0996. The van der Waals surface area contributed by atoms with Crippen molar-refractivity contribution in [1.82, 2.24) is 19.2 Å². The van der Waals surface area contributed by atoms with Gasteiger partial charge >= 0.3 is 6.03 Å². The highest BCUT2D eigenvalue weighted by Crippen LogP contribution is 2.31. The molecule has 3 amide bonds. The van der Waals surface area contributed by atoms with Crippen molar-refractivity contribution in [3.63, 3.8) is 0 Å². The van der Waals surface area contributed by atoms with Crippen molar-refractivity contribution in [3.05, 3.63) is 59.2 Å². The van der Waals surface area contributed by atoms with Gasteiger partial charge in [-0.3, -0.25) is 10.1 Å². The molecular formula is C20H24N6O3S. The number of hydrogen-bond donors (Lipinski definition) is 3. The van der Waals surface area contributed by atoms with E-state index in [-0.39, 0.29) is 23.1 Å². The van der Waals surface area contributed by atoms with Gasteiger partial charge in [-0.15, -0.1) is 0 Å². The third-order valence-electron chi connectivity index (χ3n) is 4.43. The van der Waals surface area contributed by atoms with Gasteiger partial charge in [0, 0.05) is 25.5 Å². The summed E-state index contributed by atoms with van der Waals surface area (Å²) in [5.41, 5.74) is 8.79. The quantitative estimate of drug-likeness (QED) is 0.452. The minimum absolute atomic E-state index is 0.0679. The zero-order chi connectivity index (χ0) is 21.5. The van der Waals surface area contributed by atoms with E-state index in [2.05, 4.69) is 26.1 Å². The van der Waals surface area contributed by atoms with Crippen LogP contribution in [-0.4, -0.2) is 32.4 Å². The number of nitrogens with two attached hydrogens (primary N) is 1. The molecule has 0 fully saturated rings. The fourth-order valence-electron chi connectivity index (χ4n) is 2.86. The summed E-state index contributed by atoms with van der Waals surface area (Å²) in [5.74, 6) is -0.599. The lowest BCUT2D eigenvalue weighted by Gasteiger charge is -2.09. The number of aryl methyl sites for hydroxylation is 3. The zero-order valence-corrected chi connectivity index (χ0v) is 17.7. The molecule has 0 atom stereocenters. The van der Waals surface area contributed by atoms with Crippen molar-refractivity contribution in [1.29, 1.82) is 0 Å². The average Bonchev–Trinajstić information content (AvgIpc) is 3.34. The first kappa shape index (κ1) is 21.3. The van der Waals surface area contributed by atoms with Crippen LogP contribution in [0.1, 0.15) is 33.5 Å². The Labute approximate surface area is 178 Å². The van der Waals surface area contributed by atoms with Crippen molar-refractivity contribution in [3.8, 4) is 5.88 Å². The highest BCUT2D eigenvalue weighted by atomic mass is 32.1. The Morgan fingerprint density at radius 3 is 2.83 bits per heavy atom. The van der Waals surface area contributed by atoms with Crippen molar-refractivity contribution in [2.75, 3.05) is 11.9 Å². The van der Waals surface area contributed by atoms with Gasteiger partial charge in [0.05, 0.1) is 6.33 Å². The molecule has 0 radical (unpaired) electrons. The lowest BCUT2D eigenvalue weighted by atomic mass is 10.1. The molecule has 1 aromatic carbocycles. The van der Waals surface area contributed by atoms with E-state index in [1.54, 1.807) is 12.5 Å². The van der Waals surface area contributed by atoms with E-state index in [0.717, 1.165) is 41.2 Å². The number of ether oxygens (including phenoxy) is 1. The van der Waals surface area contributed by atoms with E-state index in [1.807, 2.05) is 36.7 Å². The molecule has 3 rings (SSSR count). The molecule has 30 heavy (non-hydrogen) atoms. The summed E-state index contributed by atoms with van der Waals surface area (Å²) in [6.07, 6.45) is 6.01. The monoisotopic (exact) mass is 428 g/mol. The van der Waals surface area contributed by atoms with Crippen LogP contribution in [0.4, 0.5) is 9.80 Å². The Kier molecular flexibility index (Phi) is 7.02. The second-order valence-corrected chi connectivity index (χ2v) is 7.58. The van der Waals surface area contributed by atoms with Gasteiger partial charge in [0.2, 0.25) is 5.88 Å². The number of rotatable bonds is 9. The molecule has 9 nitrogen and oxygen atoms in total. The second kappa shape index (κ2) is 9.88. The molecule has 158 valence electrons. The van der Waals surface area contributed by atoms with Gasteiger partial charge in [0.25, 0.3) is 5.91 Å². The topological polar surface area (TPSA) is 124 Å². The summed E-state index contributed by atoms with van der Waals surface area (Å²) in [6.45, 7) is 5.46. The number of benzene rings is 1. The lowest BCUT2D eigenvalue weighted by Crippen LogP contribution is -2.30. The summed E-state index contributed by atoms with van der Waals surface area (Å²) in [5, 5.41) is 5.63. The predicted octanol–water partition coefficient (Wildman–Crippen LogP) is 2.85. The number of nitrogens with zero attached hydrogens (tertiary/aromatic N) is 3. The van der Waals surface area contributed by atoms with Gasteiger partial charge in [-0.25, -0.2) is 9.78 Å². The molecule has 0 saturated carbocycles. The van der Waals surface area contributed by atoms with Gasteiger partial charge < -0.3 is 20.4 Å². The Hall–Kier alpha value is -3.40. The minimum atomic E-state index is -0.713. The molecule has 4 N–H and O–H groups in total. The molecule has 10 heteroatoms. The Bertz CT molecular complexity index is 1020. The number of anilines is 1. The van der Waals surface area contributed by atoms with Crippen LogP contribution in [0.5, 0.6) is 5.88 Å². The Morgan fingerprint density at radius 2 is 2.13 bits per heavy atom. The zero-order valence-electron chi connectivity index (χ0n) is 16.8. The third-order valence-corrected chi connectivity index (χ3v) is 5.18. The normalized spacial score (nSPS) is 10.6. The van der Waals surface area contributed by atoms with Crippen LogP contribution in [0, 0.1) is 13.8 Å². The minimum Gasteiger partial charge on any atom is -0.472 e. The van der Waals surface area contributed by atoms with E-state index < -0.39 is 11.9 Å². The summed E-state index contributed by atoms with van der Waals surface area (Å²) in [4.78, 5) is 28.1. The van der Waals surface area contributed by atoms with E-state index in [1.165, 1.54) is 0 Å². The number of imidazole rings is 1. The van der Waals surface area contributed by atoms with Crippen LogP contribution in [0.2, 0.25) is 0 Å². The molecule has 0 aliphatic heterocycles. The number of carbonyl (C=O) groups is 2. The SMILES string of the molecule is Cc1ccc(COc2nsc(NC(=O)NCCCn3ccnc3)c2C(N)=O)c(C)c1. The van der Waals surface area contributed by atoms with Crippen LogP contribution >= 0.6 is 11.5 Å². The highest BCUT2D eigenvalue weighted by molar-refractivity contribution is 7.11. The number of amides is 3. The summed E-state index contributed by atoms with van der Waals surface area (Å²) in [6, 6.07) is 5.58. The van der Waals surface area contributed by atoms with Crippen LogP contribution in [-0.2, 0) is 13.2 Å². The van der Waals surface area contributed by atoms with Crippen molar-refractivity contribution in [2.24, 2.45) is 5.73 Å². The standard InChI is InChI=1S/C20H24N6O3S/c1-13-4-5-15(14(2)10-13)11-29-18-16(17(21)27)19(30-25-18)24-20(28)23-6-3-8-26-9-7-22-12-26/h4-5,7,9-10,12H,3,6,8,11H2,1-2H3,(H2,21,27)(H2,23,24,28). The Morgan fingerprint density at radius 1 is 1.30 bits per heavy atom. The number of primary amides is 1. The second-order valence-electron chi connectivity index (χ2n) is 6.81. The molecule has 0 spiro atoms. The van der Waals surface area contributed by atoms with E-state index in [4.69, 9.17) is 10.5 Å². The number of nitrogens with one attached hydrogen (secondary N) is 2. The number of urea groups is 1. The number of carbonyl (C=O) groups excluding carboxylic acids is 2. The molecule has 0 unspecified atom stereocenters. The first-order valence-corrected chi connectivity index (χ1v) is 10.2. The molecule has 0 bridgehead atoms. The highest BCUT2D eigenvalue weighted by Gasteiger charge is 2.22. The van der Waals surface area contributed by atoms with Gasteiger partial charge in [0.1, 0.15) is 17.2 Å². The molecule has 0 aliphatic rings. The van der Waals surface area contributed by atoms with E-state index >= 15 is 0 Å². The van der Waals surface area contributed by atoms with Gasteiger partial charge in [-0.1, -0.05) is 23.8 Å². The van der Waals surface area contributed by atoms with Crippen LogP contribution in [0.3, 0.4) is 0 Å². The van der Waals surface area contributed by atoms with Crippen LogP contribution in [0.25, 0.3) is 0 Å². The molecule has 0 saturated heterocycles. The third kappa shape index (κ3) is 5.57. The van der Waals surface area contributed by atoms with Crippen molar-refractivity contribution < 1.29 is 14.3 Å². The van der Waals surface area contributed by atoms with E-state index in [0.29, 0.717) is 6.54 Å². The smallest absolute Gasteiger partial charge is 0.319 e. The molecule has 2 heterocycles. The maximum Gasteiger partial charge on any atom is 0.319 e. The predicted molar refractivity (Wildman–Crippen MR) is 115 cm³/mol. The maximum atomic E-state index is 12.2. The summed E-state index contributed by atoms with van der Waals surface area (Å²) < 4.78 is 11.8. The molecular weight excluding hydrogens is 404 g/mol. The van der Waals surface area contributed by atoms with Gasteiger partial charge in [-0.05, 0) is 42.9 Å². The van der Waals surface area contributed by atoms with Crippen molar-refractivity contribution >= 4 is 28.5 Å². The number of hydrogen-bond acceptors (Lipinski definition) is 6. The Balaban J connectivity index is 1.56. The van der Waals surface area contributed by atoms with E-state index in [9.17, 15) is 9.59 Å². The number of aromatic nitrogens is 3. The maximum absolute atomic E-state index is 12.2. The molecule has 3 aromatic rings. The van der Waals surface area contributed by atoms with Gasteiger partial charge in [0.15, 0.2) is 0 Å². The first-order valence-electron chi connectivity index (χ1n) is 9.43. The van der Waals surface area contributed by atoms with Crippen LogP contribution < -0.4 is 21.1 Å². The molecule has 2 aromatic heterocycles. The summed E-state index contributed by atoms with van der Waals surface area (Å²) in [7, 11) is 0. The van der Waals surface area contributed by atoms with Crippen molar-refractivity contribution in [2.45, 2.75) is 33.4 Å². The fraction of sp³-hybridized carbons (Fsp3) is 0.300. The summed E-state index contributed by atoms with van der Waals surface area (Å²) >= 11 is 0.952.